The summed E-state index contributed by atoms with van der Waals surface area (Å²) in [6, 6.07) is 1.25. The van der Waals surface area contributed by atoms with Gasteiger partial charge in [0.05, 0.1) is 11.1 Å². The number of phenols is 1. The third-order valence-corrected chi connectivity index (χ3v) is 3.01. The number of phenolic OH excluding ortho intramolecular Hbond substituents is 1. The van der Waals surface area contributed by atoms with E-state index >= 15 is 0 Å². The van der Waals surface area contributed by atoms with Crippen LogP contribution in [-0.4, -0.2) is 27.3 Å². The zero-order valence-corrected chi connectivity index (χ0v) is 11.4. The summed E-state index contributed by atoms with van der Waals surface area (Å²) in [5, 5.41) is 28.6. The van der Waals surface area contributed by atoms with Crippen LogP contribution in [0.5, 0.6) is 5.75 Å². The van der Waals surface area contributed by atoms with Crippen molar-refractivity contribution in [2.45, 2.75) is 39.5 Å². The Morgan fingerprint density at radius 2 is 1.53 bits per heavy atom. The molecule has 0 bridgehead atoms. The fraction of sp³-hybridized carbons (Fsp3) is 0.429. The molecule has 0 aliphatic carbocycles. The molecule has 0 saturated heterocycles. The van der Waals surface area contributed by atoms with E-state index in [-0.39, 0.29) is 34.3 Å². The van der Waals surface area contributed by atoms with Crippen LogP contribution in [0.1, 0.15) is 71.4 Å². The number of carboxylic acid groups (broad SMARTS) is 2. The highest BCUT2D eigenvalue weighted by molar-refractivity contribution is 6.03. The van der Waals surface area contributed by atoms with Gasteiger partial charge in [-0.3, -0.25) is 0 Å². The number of carbonyl (C=O) groups is 2. The second-order valence-corrected chi connectivity index (χ2v) is 5.07. The molecule has 1 rings (SSSR count). The van der Waals surface area contributed by atoms with E-state index in [1.807, 2.05) is 13.8 Å². The molecule has 5 nitrogen and oxygen atoms in total. The van der Waals surface area contributed by atoms with E-state index in [0.29, 0.717) is 5.56 Å². The lowest BCUT2D eigenvalue weighted by atomic mass is 9.86. The van der Waals surface area contributed by atoms with Gasteiger partial charge in [0.2, 0.25) is 0 Å². The lowest BCUT2D eigenvalue weighted by molar-refractivity contribution is 0.0649. The maximum Gasteiger partial charge on any atom is 0.337 e. The summed E-state index contributed by atoms with van der Waals surface area (Å²) in [4.78, 5) is 22.6. The maximum absolute atomic E-state index is 11.3. The second-order valence-electron chi connectivity index (χ2n) is 5.07. The summed E-state index contributed by atoms with van der Waals surface area (Å²) >= 11 is 0. The first kappa shape index (κ1) is 15.0. The number of aromatic carboxylic acids is 2. The SMILES string of the molecule is CC(C)c1cc(C(=O)O)c(C(=O)O)c(C(C)C)c1O. The van der Waals surface area contributed by atoms with Crippen molar-refractivity contribution in [3.8, 4) is 5.75 Å². The van der Waals surface area contributed by atoms with Gasteiger partial charge in [0, 0.05) is 5.56 Å². The average molecular weight is 266 g/mol. The predicted molar refractivity (Wildman–Crippen MR) is 70.2 cm³/mol. The highest BCUT2D eigenvalue weighted by atomic mass is 16.4. The van der Waals surface area contributed by atoms with Crippen molar-refractivity contribution in [1.82, 2.24) is 0 Å². The van der Waals surface area contributed by atoms with Gasteiger partial charge in [-0.25, -0.2) is 9.59 Å². The minimum absolute atomic E-state index is 0.0987. The Kier molecular flexibility index (Phi) is 4.19. The molecule has 5 heteroatoms. The van der Waals surface area contributed by atoms with Crippen molar-refractivity contribution in [3.05, 3.63) is 28.3 Å². The molecule has 0 aliphatic rings. The summed E-state index contributed by atoms with van der Waals surface area (Å²) < 4.78 is 0. The van der Waals surface area contributed by atoms with E-state index in [9.17, 15) is 24.9 Å². The Hall–Kier alpha value is -2.04. The summed E-state index contributed by atoms with van der Waals surface area (Å²) in [6.45, 7) is 7.06. The summed E-state index contributed by atoms with van der Waals surface area (Å²) in [7, 11) is 0. The third kappa shape index (κ3) is 2.70. The fourth-order valence-electron chi connectivity index (χ4n) is 2.12. The molecule has 0 aliphatic heterocycles. The van der Waals surface area contributed by atoms with E-state index in [4.69, 9.17) is 0 Å². The van der Waals surface area contributed by atoms with Crippen LogP contribution in [0.25, 0.3) is 0 Å². The highest BCUT2D eigenvalue weighted by Gasteiger charge is 2.27. The molecular weight excluding hydrogens is 248 g/mol. The van der Waals surface area contributed by atoms with Crippen LogP contribution < -0.4 is 0 Å². The Bertz CT molecular complexity index is 529. The molecule has 0 fully saturated rings. The van der Waals surface area contributed by atoms with Gasteiger partial charge in [0.25, 0.3) is 0 Å². The molecule has 0 aromatic heterocycles. The molecule has 0 heterocycles. The molecule has 0 atom stereocenters. The average Bonchev–Trinajstić information content (AvgIpc) is 2.26. The van der Waals surface area contributed by atoms with Crippen molar-refractivity contribution < 1.29 is 24.9 Å². The molecule has 19 heavy (non-hydrogen) atoms. The van der Waals surface area contributed by atoms with Crippen LogP contribution in [-0.2, 0) is 0 Å². The summed E-state index contributed by atoms with van der Waals surface area (Å²) in [6.07, 6.45) is 0. The number of carboxylic acids is 2. The molecule has 0 amide bonds. The third-order valence-electron chi connectivity index (χ3n) is 3.01. The Morgan fingerprint density at radius 3 is 1.84 bits per heavy atom. The van der Waals surface area contributed by atoms with Crippen LogP contribution in [0.3, 0.4) is 0 Å². The van der Waals surface area contributed by atoms with Gasteiger partial charge in [-0.1, -0.05) is 27.7 Å². The van der Waals surface area contributed by atoms with E-state index in [0.717, 1.165) is 0 Å². The van der Waals surface area contributed by atoms with Crippen molar-refractivity contribution in [2.75, 3.05) is 0 Å². The Morgan fingerprint density at radius 1 is 1.00 bits per heavy atom. The standard InChI is InChI=1S/C14H18O5/c1-6(2)8-5-9(13(16)17)11(14(18)19)10(7(3)4)12(8)15/h5-7,15H,1-4H3,(H,16,17)(H,18,19). The van der Waals surface area contributed by atoms with Gasteiger partial charge in [-0.15, -0.1) is 0 Å². The molecule has 0 unspecified atom stereocenters. The molecular formula is C14H18O5. The molecule has 3 N–H and O–H groups in total. The monoisotopic (exact) mass is 266 g/mol. The lowest BCUT2D eigenvalue weighted by Gasteiger charge is -2.19. The topological polar surface area (TPSA) is 94.8 Å². The second kappa shape index (κ2) is 5.30. The van der Waals surface area contributed by atoms with Crippen molar-refractivity contribution >= 4 is 11.9 Å². The number of hydrogen-bond donors (Lipinski definition) is 3. The number of hydrogen-bond acceptors (Lipinski definition) is 3. The van der Waals surface area contributed by atoms with E-state index in [2.05, 4.69) is 0 Å². The van der Waals surface area contributed by atoms with Crippen LogP contribution >= 0.6 is 0 Å². The van der Waals surface area contributed by atoms with Crippen molar-refractivity contribution in [3.63, 3.8) is 0 Å². The molecule has 0 radical (unpaired) electrons. The van der Waals surface area contributed by atoms with Crippen molar-refractivity contribution in [1.29, 1.82) is 0 Å². The van der Waals surface area contributed by atoms with Crippen molar-refractivity contribution in [2.24, 2.45) is 0 Å². The van der Waals surface area contributed by atoms with Gasteiger partial charge < -0.3 is 15.3 Å². The zero-order valence-electron chi connectivity index (χ0n) is 11.4. The summed E-state index contributed by atoms with van der Waals surface area (Å²) in [5.74, 6) is -3.15. The van der Waals surface area contributed by atoms with E-state index < -0.39 is 11.9 Å². The predicted octanol–water partition coefficient (Wildman–Crippen LogP) is 3.04. The Balaban J connectivity index is 3.83. The first-order chi connectivity index (χ1) is 8.68. The van der Waals surface area contributed by atoms with E-state index in [1.165, 1.54) is 6.07 Å². The molecule has 1 aromatic rings. The smallest absolute Gasteiger partial charge is 0.337 e. The van der Waals surface area contributed by atoms with Crippen LogP contribution in [0.4, 0.5) is 0 Å². The molecule has 0 saturated carbocycles. The quantitative estimate of drug-likeness (QED) is 0.778. The number of aromatic hydroxyl groups is 1. The van der Waals surface area contributed by atoms with Gasteiger partial charge in [0.1, 0.15) is 5.75 Å². The number of benzene rings is 1. The Labute approximate surface area is 111 Å². The lowest BCUT2D eigenvalue weighted by Crippen LogP contribution is -2.14. The van der Waals surface area contributed by atoms with Gasteiger partial charge in [-0.05, 0) is 23.5 Å². The highest BCUT2D eigenvalue weighted by Crippen LogP contribution is 2.38. The normalized spacial score (nSPS) is 11.1. The minimum atomic E-state index is -1.34. The fourth-order valence-corrected chi connectivity index (χ4v) is 2.12. The van der Waals surface area contributed by atoms with Gasteiger partial charge in [0.15, 0.2) is 0 Å². The van der Waals surface area contributed by atoms with Crippen LogP contribution in [0.2, 0.25) is 0 Å². The maximum atomic E-state index is 11.3. The zero-order chi connectivity index (χ0) is 14.9. The van der Waals surface area contributed by atoms with Crippen LogP contribution in [0, 0.1) is 0 Å². The van der Waals surface area contributed by atoms with Gasteiger partial charge in [-0.2, -0.15) is 0 Å². The molecule has 0 spiro atoms. The minimum Gasteiger partial charge on any atom is -0.507 e. The van der Waals surface area contributed by atoms with E-state index in [1.54, 1.807) is 13.8 Å². The van der Waals surface area contributed by atoms with Gasteiger partial charge >= 0.3 is 11.9 Å². The first-order valence-corrected chi connectivity index (χ1v) is 6.04. The largest absolute Gasteiger partial charge is 0.507 e. The molecule has 104 valence electrons. The van der Waals surface area contributed by atoms with Crippen LogP contribution in [0.15, 0.2) is 6.07 Å². The first-order valence-electron chi connectivity index (χ1n) is 6.04. The summed E-state index contributed by atoms with van der Waals surface area (Å²) in [5.41, 5.74) is 0.0179. The molecule has 1 aromatic carbocycles. The number of rotatable bonds is 4.